The average molecular weight is 414 g/mol. The van der Waals surface area contributed by atoms with Crippen LogP contribution in [0.25, 0.3) is 0 Å². The molecular formula is C17H27IN4. The molecule has 1 unspecified atom stereocenters. The quantitative estimate of drug-likeness (QED) is 0.443. The van der Waals surface area contributed by atoms with Crippen molar-refractivity contribution in [2.75, 3.05) is 24.5 Å². The van der Waals surface area contributed by atoms with Gasteiger partial charge in [0.05, 0.1) is 6.54 Å². The van der Waals surface area contributed by atoms with Gasteiger partial charge in [-0.05, 0) is 43.7 Å². The van der Waals surface area contributed by atoms with Gasteiger partial charge in [-0.1, -0.05) is 24.6 Å². The first-order valence-electron chi connectivity index (χ1n) is 8.12. The molecule has 1 heterocycles. The highest BCUT2D eigenvalue weighted by molar-refractivity contribution is 14.0. The summed E-state index contributed by atoms with van der Waals surface area (Å²) in [7, 11) is 0. The molecule has 122 valence electrons. The lowest BCUT2D eigenvalue weighted by molar-refractivity contribution is 0.315. The first-order valence-corrected chi connectivity index (χ1v) is 8.12. The van der Waals surface area contributed by atoms with E-state index < -0.39 is 0 Å². The molecule has 0 radical (unpaired) electrons. The molecule has 3 N–H and O–H groups in total. The lowest BCUT2D eigenvalue weighted by atomic mass is 9.85. The Morgan fingerprint density at radius 3 is 2.91 bits per heavy atom. The van der Waals surface area contributed by atoms with Crippen molar-refractivity contribution in [1.82, 2.24) is 5.32 Å². The van der Waals surface area contributed by atoms with Crippen LogP contribution in [0.3, 0.4) is 0 Å². The fourth-order valence-corrected chi connectivity index (χ4v) is 3.15. The van der Waals surface area contributed by atoms with E-state index in [2.05, 4.69) is 46.4 Å². The van der Waals surface area contributed by atoms with Crippen LogP contribution in [0.5, 0.6) is 0 Å². The van der Waals surface area contributed by atoms with Crippen molar-refractivity contribution in [3.8, 4) is 0 Å². The van der Waals surface area contributed by atoms with Crippen LogP contribution >= 0.6 is 24.0 Å². The number of hydrogen-bond acceptors (Lipinski definition) is 2. The molecule has 0 aromatic heterocycles. The predicted octanol–water partition coefficient (Wildman–Crippen LogP) is 2.76. The van der Waals surface area contributed by atoms with E-state index in [0.29, 0.717) is 12.0 Å². The second kappa shape index (κ2) is 8.04. The number of aliphatic imine (C=N–C) groups is 1. The van der Waals surface area contributed by atoms with Crippen LogP contribution in [0.2, 0.25) is 0 Å². The molecule has 1 fully saturated rings. The van der Waals surface area contributed by atoms with Crippen LogP contribution < -0.4 is 16.0 Å². The molecule has 0 spiro atoms. The van der Waals surface area contributed by atoms with E-state index in [1.165, 1.54) is 30.5 Å². The molecule has 1 aliphatic carbocycles. The number of benzene rings is 1. The molecule has 5 heteroatoms. The predicted molar refractivity (Wildman–Crippen MR) is 104 cm³/mol. The number of anilines is 1. The van der Waals surface area contributed by atoms with E-state index in [-0.39, 0.29) is 24.0 Å². The maximum Gasteiger partial charge on any atom is 0.188 e. The largest absolute Gasteiger partial charge is 0.370 e. The van der Waals surface area contributed by atoms with E-state index >= 15 is 0 Å². The molecular weight excluding hydrogens is 387 g/mol. The summed E-state index contributed by atoms with van der Waals surface area (Å²) in [6.45, 7) is 5.05. The van der Waals surface area contributed by atoms with Gasteiger partial charge in [0.15, 0.2) is 5.96 Å². The first-order chi connectivity index (χ1) is 10.2. The van der Waals surface area contributed by atoms with E-state index in [1.807, 2.05) is 0 Å². The van der Waals surface area contributed by atoms with E-state index in [4.69, 9.17) is 5.73 Å². The molecule has 0 bridgehead atoms. The van der Waals surface area contributed by atoms with Gasteiger partial charge in [0.1, 0.15) is 0 Å². The van der Waals surface area contributed by atoms with Gasteiger partial charge >= 0.3 is 0 Å². The number of fused-ring (bicyclic) bond motifs is 1. The van der Waals surface area contributed by atoms with E-state index in [9.17, 15) is 0 Å². The van der Waals surface area contributed by atoms with Crippen molar-refractivity contribution >= 4 is 35.6 Å². The molecule has 1 aromatic carbocycles. The Morgan fingerprint density at radius 2 is 2.18 bits per heavy atom. The molecule has 0 saturated heterocycles. The van der Waals surface area contributed by atoms with Crippen LogP contribution in [0.15, 0.2) is 29.3 Å². The van der Waals surface area contributed by atoms with Crippen LogP contribution in [0.4, 0.5) is 5.69 Å². The number of nitrogens with two attached hydrogens (primary N) is 1. The number of para-hydroxylation sites is 1. The number of rotatable bonds is 5. The lowest BCUT2D eigenvalue weighted by Gasteiger charge is -2.27. The topological polar surface area (TPSA) is 53.6 Å². The molecule has 0 amide bonds. The van der Waals surface area contributed by atoms with Crippen LogP contribution in [-0.4, -0.2) is 31.6 Å². The second-order valence-corrected chi connectivity index (χ2v) is 6.32. The maximum atomic E-state index is 5.96. The van der Waals surface area contributed by atoms with Crippen molar-refractivity contribution < 1.29 is 0 Å². The van der Waals surface area contributed by atoms with Gasteiger partial charge in [0.2, 0.25) is 0 Å². The van der Waals surface area contributed by atoms with Gasteiger partial charge in [-0.25, -0.2) is 0 Å². The Hall–Kier alpha value is -0.980. The van der Waals surface area contributed by atoms with Crippen molar-refractivity contribution in [1.29, 1.82) is 0 Å². The third-order valence-electron chi connectivity index (χ3n) is 4.78. The fourth-order valence-electron chi connectivity index (χ4n) is 3.15. The minimum atomic E-state index is 0. The summed E-state index contributed by atoms with van der Waals surface area (Å²) in [5.74, 6) is 1.41. The highest BCUT2D eigenvalue weighted by atomic mass is 127. The second-order valence-electron chi connectivity index (χ2n) is 6.32. The highest BCUT2D eigenvalue weighted by Gasteiger charge is 2.22. The molecule has 2 aliphatic rings. The maximum absolute atomic E-state index is 5.96. The zero-order valence-corrected chi connectivity index (χ0v) is 15.6. The van der Waals surface area contributed by atoms with Crippen molar-refractivity contribution in [2.24, 2.45) is 16.6 Å². The van der Waals surface area contributed by atoms with Gasteiger partial charge in [0, 0.05) is 24.8 Å². The molecule has 22 heavy (non-hydrogen) atoms. The van der Waals surface area contributed by atoms with Crippen molar-refractivity contribution in [2.45, 2.75) is 38.6 Å². The SMILES string of the molecule is CC(CN=C(N)NCC1CCC1)N1CCc2ccccc21.I. The number of hydrogen-bond donors (Lipinski definition) is 2. The van der Waals surface area contributed by atoms with E-state index in [0.717, 1.165) is 32.0 Å². The number of guanidine groups is 1. The standard InChI is InChI=1S/C17H26N4.HI/c1-13(11-19-17(18)20-12-14-5-4-6-14)21-10-9-15-7-2-3-8-16(15)21;/h2-3,7-8,13-14H,4-6,9-12H2,1H3,(H3,18,19,20);1H. The lowest BCUT2D eigenvalue weighted by Crippen LogP contribution is -2.39. The molecule has 1 saturated carbocycles. The van der Waals surface area contributed by atoms with Gasteiger partial charge in [0.25, 0.3) is 0 Å². The number of halogens is 1. The molecule has 4 nitrogen and oxygen atoms in total. The van der Waals surface area contributed by atoms with Crippen LogP contribution in [0, 0.1) is 5.92 Å². The zero-order valence-electron chi connectivity index (χ0n) is 13.3. The minimum absolute atomic E-state index is 0. The molecule has 1 aliphatic heterocycles. The van der Waals surface area contributed by atoms with Gasteiger partial charge in [-0.2, -0.15) is 0 Å². The number of nitrogens with one attached hydrogen (secondary N) is 1. The summed E-state index contributed by atoms with van der Waals surface area (Å²) in [6.07, 6.45) is 5.18. The normalized spacial score (nSPS) is 19.1. The minimum Gasteiger partial charge on any atom is -0.370 e. The Kier molecular flexibility index (Phi) is 6.35. The van der Waals surface area contributed by atoms with Gasteiger partial charge in [-0.15, -0.1) is 24.0 Å². The highest BCUT2D eigenvalue weighted by Crippen LogP contribution is 2.29. The molecule has 3 rings (SSSR count). The van der Waals surface area contributed by atoms with Crippen LogP contribution in [-0.2, 0) is 6.42 Å². The first kappa shape index (κ1) is 17.4. The van der Waals surface area contributed by atoms with Gasteiger partial charge < -0.3 is 16.0 Å². The summed E-state index contributed by atoms with van der Waals surface area (Å²) < 4.78 is 0. The van der Waals surface area contributed by atoms with Crippen molar-refractivity contribution in [3.63, 3.8) is 0 Å². The smallest absolute Gasteiger partial charge is 0.188 e. The summed E-state index contributed by atoms with van der Waals surface area (Å²) in [4.78, 5) is 6.96. The zero-order chi connectivity index (χ0) is 14.7. The molecule has 1 atom stereocenters. The average Bonchev–Trinajstić information content (AvgIpc) is 2.87. The van der Waals surface area contributed by atoms with Crippen LogP contribution in [0.1, 0.15) is 31.7 Å². The summed E-state index contributed by atoms with van der Waals surface area (Å²) in [6, 6.07) is 9.05. The Labute approximate surface area is 150 Å². The Bertz CT molecular complexity index is 513. The van der Waals surface area contributed by atoms with Crippen molar-refractivity contribution in [3.05, 3.63) is 29.8 Å². The monoisotopic (exact) mass is 414 g/mol. The fraction of sp³-hybridized carbons (Fsp3) is 0.588. The Balaban J connectivity index is 0.00000176. The summed E-state index contributed by atoms with van der Waals surface area (Å²) in [5, 5.41) is 3.26. The van der Waals surface area contributed by atoms with E-state index in [1.54, 1.807) is 0 Å². The third-order valence-corrected chi connectivity index (χ3v) is 4.78. The van der Waals surface area contributed by atoms with Gasteiger partial charge in [-0.3, -0.25) is 4.99 Å². The third kappa shape index (κ3) is 4.06. The number of nitrogens with zero attached hydrogens (tertiary/aromatic N) is 2. The Morgan fingerprint density at radius 1 is 1.41 bits per heavy atom. The summed E-state index contributed by atoms with van der Waals surface area (Å²) in [5.41, 5.74) is 8.77. The summed E-state index contributed by atoms with van der Waals surface area (Å²) >= 11 is 0. The molecule has 1 aromatic rings.